The van der Waals surface area contributed by atoms with E-state index in [2.05, 4.69) is 10.6 Å². The second kappa shape index (κ2) is 6.70. The number of methoxy groups -OCH3 is 1. The molecule has 0 aromatic heterocycles. The van der Waals surface area contributed by atoms with E-state index in [0.717, 1.165) is 0 Å². The van der Waals surface area contributed by atoms with Gasteiger partial charge >= 0.3 is 5.97 Å². The molecule has 3 N–H and O–H groups in total. The van der Waals surface area contributed by atoms with Gasteiger partial charge in [-0.3, -0.25) is 4.79 Å². The molecule has 6 nitrogen and oxygen atoms in total. The smallest absolute Gasteiger partial charge is 0.326 e. The van der Waals surface area contributed by atoms with Crippen LogP contribution in [0, 0.1) is 5.92 Å². The lowest BCUT2D eigenvalue weighted by atomic mass is 9.99. The molecule has 1 heterocycles. The van der Waals surface area contributed by atoms with Gasteiger partial charge in [-0.05, 0) is 12.3 Å². The number of carboxylic acid groups (broad SMARTS) is 1. The van der Waals surface area contributed by atoms with Crippen LogP contribution < -0.4 is 10.6 Å². The average molecular weight is 258 g/mol. The van der Waals surface area contributed by atoms with Gasteiger partial charge in [0.2, 0.25) is 5.91 Å². The molecule has 6 heteroatoms. The van der Waals surface area contributed by atoms with Gasteiger partial charge in [0, 0.05) is 13.7 Å². The highest BCUT2D eigenvalue weighted by molar-refractivity contribution is 5.87. The van der Waals surface area contributed by atoms with Crippen molar-refractivity contribution < 1.29 is 19.4 Å². The number of carbonyl (C=O) groups is 2. The van der Waals surface area contributed by atoms with Crippen LogP contribution in [-0.2, 0) is 14.3 Å². The number of hydrogen-bond acceptors (Lipinski definition) is 4. The lowest BCUT2D eigenvalue weighted by Crippen LogP contribution is -2.50. The molecule has 0 saturated carbocycles. The lowest BCUT2D eigenvalue weighted by Gasteiger charge is -2.22. The Hall–Kier alpha value is -1.14. The summed E-state index contributed by atoms with van der Waals surface area (Å²) < 4.78 is 5.15. The number of carboxylic acids is 1. The minimum atomic E-state index is -0.987. The van der Waals surface area contributed by atoms with Gasteiger partial charge in [0.15, 0.2) is 0 Å². The monoisotopic (exact) mass is 258 g/mol. The maximum absolute atomic E-state index is 11.9. The number of hydrogen-bond donors (Lipinski definition) is 3. The zero-order valence-corrected chi connectivity index (χ0v) is 11.1. The van der Waals surface area contributed by atoms with Gasteiger partial charge in [0.05, 0.1) is 12.1 Å². The summed E-state index contributed by atoms with van der Waals surface area (Å²) in [5, 5.41) is 14.7. The Balaban J connectivity index is 2.54. The fourth-order valence-corrected chi connectivity index (χ4v) is 2.02. The van der Waals surface area contributed by atoms with Crippen LogP contribution in [0.25, 0.3) is 0 Å². The van der Waals surface area contributed by atoms with Crippen LogP contribution in [-0.4, -0.2) is 48.8 Å². The van der Waals surface area contributed by atoms with Crippen LogP contribution >= 0.6 is 0 Å². The third-order valence-electron chi connectivity index (χ3n) is 3.52. The molecule has 0 aromatic rings. The topological polar surface area (TPSA) is 87.7 Å². The highest BCUT2D eigenvalue weighted by Crippen LogP contribution is 2.12. The van der Waals surface area contributed by atoms with E-state index in [1.54, 1.807) is 7.11 Å². The molecule has 2 unspecified atom stereocenters. The number of aliphatic carboxylic acids is 1. The summed E-state index contributed by atoms with van der Waals surface area (Å²) in [5.41, 5.74) is 0. The minimum Gasteiger partial charge on any atom is -0.480 e. The van der Waals surface area contributed by atoms with Crippen molar-refractivity contribution in [2.24, 2.45) is 5.92 Å². The average Bonchev–Trinajstić information content (AvgIpc) is 2.83. The van der Waals surface area contributed by atoms with E-state index < -0.39 is 12.0 Å². The van der Waals surface area contributed by atoms with E-state index in [0.29, 0.717) is 19.4 Å². The third kappa shape index (κ3) is 3.68. The Morgan fingerprint density at radius 1 is 1.56 bits per heavy atom. The number of nitrogens with one attached hydrogen (secondary N) is 2. The fourth-order valence-electron chi connectivity index (χ4n) is 2.02. The Kier molecular flexibility index (Phi) is 5.55. The molecule has 1 aliphatic heterocycles. The van der Waals surface area contributed by atoms with Crippen LogP contribution in [0.2, 0.25) is 0 Å². The summed E-state index contributed by atoms with van der Waals surface area (Å²) in [5.74, 6) is -1.34. The molecule has 0 radical (unpaired) electrons. The van der Waals surface area contributed by atoms with E-state index in [1.165, 1.54) is 0 Å². The molecule has 1 fully saturated rings. The largest absolute Gasteiger partial charge is 0.480 e. The van der Waals surface area contributed by atoms with Gasteiger partial charge in [-0.25, -0.2) is 4.79 Å². The van der Waals surface area contributed by atoms with Gasteiger partial charge in [-0.15, -0.1) is 0 Å². The van der Waals surface area contributed by atoms with Crippen molar-refractivity contribution in [1.29, 1.82) is 0 Å². The molecule has 0 aliphatic carbocycles. The van der Waals surface area contributed by atoms with Gasteiger partial charge < -0.3 is 20.5 Å². The molecule has 4 atom stereocenters. The zero-order valence-electron chi connectivity index (χ0n) is 11.1. The standard InChI is InChI=1S/C12H22N2O4/c1-4-7(2)10(12(16)17)14-11(15)9-5-8(18-3)6-13-9/h7-10,13H,4-6H2,1-3H3,(H,14,15)(H,16,17)/t7-,8?,9?,10-/m0/s1. The van der Waals surface area contributed by atoms with Crippen LogP contribution in [0.4, 0.5) is 0 Å². The van der Waals surface area contributed by atoms with Gasteiger partial charge in [-0.1, -0.05) is 20.3 Å². The first-order valence-electron chi connectivity index (χ1n) is 6.28. The first-order valence-corrected chi connectivity index (χ1v) is 6.28. The fraction of sp³-hybridized carbons (Fsp3) is 0.833. The van der Waals surface area contributed by atoms with Gasteiger partial charge in [0.25, 0.3) is 0 Å². The molecular weight excluding hydrogens is 236 g/mol. The van der Waals surface area contributed by atoms with Crippen molar-refractivity contribution in [3.8, 4) is 0 Å². The number of amides is 1. The summed E-state index contributed by atoms with van der Waals surface area (Å²) >= 11 is 0. The summed E-state index contributed by atoms with van der Waals surface area (Å²) in [6, 6.07) is -1.19. The SMILES string of the molecule is CC[C@H](C)[C@H](NC(=O)C1CC(OC)CN1)C(=O)O. The molecule has 0 spiro atoms. The predicted octanol–water partition coefficient (Wildman–Crippen LogP) is -0.0212. The van der Waals surface area contributed by atoms with E-state index in [-0.39, 0.29) is 24.0 Å². The van der Waals surface area contributed by atoms with E-state index in [1.807, 2.05) is 13.8 Å². The molecule has 104 valence electrons. The van der Waals surface area contributed by atoms with E-state index in [9.17, 15) is 9.59 Å². The summed E-state index contributed by atoms with van der Waals surface area (Å²) in [7, 11) is 1.60. The predicted molar refractivity (Wildman–Crippen MR) is 66.2 cm³/mol. The molecular formula is C12H22N2O4. The van der Waals surface area contributed by atoms with Crippen molar-refractivity contribution in [1.82, 2.24) is 10.6 Å². The normalized spacial score (nSPS) is 26.6. The summed E-state index contributed by atoms with van der Waals surface area (Å²) in [4.78, 5) is 23.1. The summed E-state index contributed by atoms with van der Waals surface area (Å²) in [6.45, 7) is 4.34. The van der Waals surface area contributed by atoms with Crippen molar-refractivity contribution in [3.05, 3.63) is 0 Å². The zero-order chi connectivity index (χ0) is 13.7. The van der Waals surface area contributed by atoms with Crippen LogP contribution in [0.15, 0.2) is 0 Å². The molecule has 1 aliphatic rings. The van der Waals surface area contributed by atoms with Gasteiger partial charge in [-0.2, -0.15) is 0 Å². The second-order valence-corrected chi connectivity index (χ2v) is 4.76. The minimum absolute atomic E-state index is 0.0210. The maximum atomic E-state index is 11.9. The van der Waals surface area contributed by atoms with Crippen molar-refractivity contribution >= 4 is 11.9 Å². The van der Waals surface area contributed by atoms with E-state index in [4.69, 9.17) is 9.84 Å². The molecule has 1 amide bonds. The van der Waals surface area contributed by atoms with Crippen LogP contribution in [0.5, 0.6) is 0 Å². The lowest BCUT2D eigenvalue weighted by molar-refractivity contribution is -0.143. The number of ether oxygens (including phenoxy) is 1. The number of rotatable bonds is 6. The Bertz CT molecular complexity index is 308. The highest BCUT2D eigenvalue weighted by Gasteiger charge is 2.33. The Morgan fingerprint density at radius 3 is 2.67 bits per heavy atom. The molecule has 18 heavy (non-hydrogen) atoms. The third-order valence-corrected chi connectivity index (χ3v) is 3.52. The first-order chi connectivity index (χ1) is 8.49. The molecule has 1 rings (SSSR count). The molecule has 0 aromatic carbocycles. The van der Waals surface area contributed by atoms with E-state index >= 15 is 0 Å². The summed E-state index contributed by atoms with van der Waals surface area (Å²) in [6.07, 6.45) is 1.30. The quantitative estimate of drug-likeness (QED) is 0.623. The second-order valence-electron chi connectivity index (χ2n) is 4.76. The van der Waals surface area contributed by atoms with Crippen molar-refractivity contribution in [2.45, 2.75) is 44.9 Å². The van der Waals surface area contributed by atoms with Gasteiger partial charge in [0.1, 0.15) is 6.04 Å². The van der Waals surface area contributed by atoms with Crippen LogP contribution in [0.1, 0.15) is 26.7 Å². The Labute approximate surface area is 107 Å². The van der Waals surface area contributed by atoms with Crippen molar-refractivity contribution in [2.75, 3.05) is 13.7 Å². The maximum Gasteiger partial charge on any atom is 0.326 e. The van der Waals surface area contributed by atoms with Crippen LogP contribution in [0.3, 0.4) is 0 Å². The highest BCUT2D eigenvalue weighted by atomic mass is 16.5. The first kappa shape index (κ1) is 14.9. The number of carbonyl (C=O) groups excluding carboxylic acids is 1. The molecule has 1 saturated heterocycles. The molecule has 0 bridgehead atoms. The van der Waals surface area contributed by atoms with Crippen molar-refractivity contribution in [3.63, 3.8) is 0 Å². The Morgan fingerprint density at radius 2 is 2.22 bits per heavy atom.